The Kier molecular flexibility index (Phi) is 5.04. The van der Waals surface area contributed by atoms with E-state index in [9.17, 15) is 4.79 Å². The average Bonchev–Trinajstić information content (AvgIpc) is 2.55. The highest BCUT2D eigenvalue weighted by Crippen LogP contribution is 2.15. The summed E-state index contributed by atoms with van der Waals surface area (Å²) in [6.45, 7) is 0.389. The van der Waals surface area contributed by atoms with Crippen molar-refractivity contribution >= 4 is 61.9 Å². The number of rotatable bonds is 3. The highest BCUT2D eigenvalue weighted by Gasteiger charge is 2.09. The summed E-state index contributed by atoms with van der Waals surface area (Å²) in [5, 5.41) is 1.47. The number of H-pyrrole nitrogens is 1. The van der Waals surface area contributed by atoms with Crippen molar-refractivity contribution in [2.24, 2.45) is 4.99 Å². The standard InChI is InChI=1S/C17H11Cl2IN2O/c18-11-3-1-10(2-4-11)8-22-17(19)14-9-21-15-6-5-12(20)7-13(15)16(14)23/h1-7,9H,8H2,(H,21,23). The second-order valence-electron chi connectivity index (χ2n) is 4.95. The van der Waals surface area contributed by atoms with Crippen molar-refractivity contribution in [2.45, 2.75) is 6.54 Å². The zero-order valence-corrected chi connectivity index (χ0v) is 15.5. The van der Waals surface area contributed by atoms with Gasteiger partial charge in [0.05, 0.1) is 12.1 Å². The van der Waals surface area contributed by atoms with Gasteiger partial charge in [0.2, 0.25) is 0 Å². The molecule has 0 aliphatic heterocycles. The van der Waals surface area contributed by atoms with Crippen LogP contribution in [0, 0.1) is 3.57 Å². The number of pyridine rings is 1. The van der Waals surface area contributed by atoms with E-state index in [1.165, 1.54) is 0 Å². The zero-order valence-electron chi connectivity index (χ0n) is 11.8. The summed E-state index contributed by atoms with van der Waals surface area (Å²) in [5.74, 6) is 0. The van der Waals surface area contributed by atoms with Gasteiger partial charge in [-0.2, -0.15) is 0 Å². The molecule has 0 saturated heterocycles. The predicted octanol–water partition coefficient (Wildman–Crippen LogP) is 4.97. The van der Waals surface area contributed by atoms with Crippen LogP contribution in [-0.2, 0) is 6.54 Å². The molecular weight excluding hydrogens is 446 g/mol. The summed E-state index contributed by atoms with van der Waals surface area (Å²) in [6.07, 6.45) is 1.60. The average molecular weight is 457 g/mol. The molecule has 6 heteroatoms. The Balaban J connectivity index is 1.95. The first kappa shape index (κ1) is 16.5. The van der Waals surface area contributed by atoms with Crippen molar-refractivity contribution in [3.63, 3.8) is 0 Å². The van der Waals surface area contributed by atoms with Crippen molar-refractivity contribution in [1.82, 2.24) is 4.98 Å². The van der Waals surface area contributed by atoms with Crippen LogP contribution < -0.4 is 5.43 Å². The molecule has 0 bridgehead atoms. The fourth-order valence-corrected chi connectivity index (χ4v) is 3.00. The molecule has 3 nitrogen and oxygen atoms in total. The normalized spacial score (nSPS) is 11.9. The number of nitrogens with one attached hydrogen (secondary N) is 1. The maximum absolute atomic E-state index is 12.6. The van der Waals surface area contributed by atoms with Crippen LogP contribution in [0.3, 0.4) is 0 Å². The largest absolute Gasteiger partial charge is 0.360 e. The van der Waals surface area contributed by atoms with Crippen LogP contribution in [0.2, 0.25) is 5.02 Å². The Morgan fingerprint density at radius 1 is 1.17 bits per heavy atom. The van der Waals surface area contributed by atoms with Gasteiger partial charge >= 0.3 is 0 Å². The topological polar surface area (TPSA) is 45.2 Å². The smallest absolute Gasteiger partial charge is 0.199 e. The van der Waals surface area contributed by atoms with Crippen molar-refractivity contribution in [2.75, 3.05) is 0 Å². The molecule has 2 aromatic carbocycles. The van der Waals surface area contributed by atoms with Crippen molar-refractivity contribution < 1.29 is 0 Å². The highest BCUT2D eigenvalue weighted by atomic mass is 127. The quantitative estimate of drug-likeness (QED) is 0.438. The molecule has 0 spiro atoms. The zero-order chi connectivity index (χ0) is 16.4. The van der Waals surface area contributed by atoms with Gasteiger partial charge in [-0.05, 0) is 58.5 Å². The minimum absolute atomic E-state index is 0.123. The predicted molar refractivity (Wildman–Crippen MR) is 105 cm³/mol. The molecule has 116 valence electrons. The lowest BCUT2D eigenvalue weighted by Gasteiger charge is -2.03. The van der Waals surface area contributed by atoms with E-state index >= 15 is 0 Å². The van der Waals surface area contributed by atoms with Gasteiger partial charge in [0.15, 0.2) is 5.43 Å². The van der Waals surface area contributed by atoms with Crippen LogP contribution in [0.25, 0.3) is 10.9 Å². The Bertz CT molecular complexity index is 949. The highest BCUT2D eigenvalue weighted by molar-refractivity contribution is 14.1. The molecule has 0 atom stereocenters. The lowest BCUT2D eigenvalue weighted by atomic mass is 10.1. The Morgan fingerprint density at radius 3 is 2.65 bits per heavy atom. The maximum Gasteiger partial charge on any atom is 0.199 e. The first-order chi connectivity index (χ1) is 11.0. The summed E-state index contributed by atoms with van der Waals surface area (Å²) in [6, 6.07) is 13.0. The van der Waals surface area contributed by atoms with E-state index in [0.717, 1.165) is 14.7 Å². The molecule has 0 amide bonds. The van der Waals surface area contributed by atoms with Gasteiger partial charge in [-0.3, -0.25) is 9.79 Å². The number of halogens is 3. The molecule has 3 aromatic rings. The first-order valence-corrected chi connectivity index (χ1v) is 8.64. The number of aromatic nitrogens is 1. The minimum Gasteiger partial charge on any atom is -0.360 e. The van der Waals surface area contributed by atoms with E-state index in [1.807, 2.05) is 30.3 Å². The van der Waals surface area contributed by atoms with E-state index in [2.05, 4.69) is 32.6 Å². The first-order valence-electron chi connectivity index (χ1n) is 6.80. The third-order valence-electron chi connectivity index (χ3n) is 3.38. The molecule has 3 rings (SSSR count). The number of aromatic amines is 1. The fraction of sp³-hybridized carbons (Fsp3) is 0.0588. The molecule has 1 aromatic heterocycles. The van der Waals surface area contributed by atoms with Crippen molar-refractivity contribution in [3.8, 4) is 0 Å². The van der Waals surface area contributed by atoms with Gasteiger partial charge in [0.25, 0.3) is 0 Å². The van der Waals surface area contributed by atoms with Gasteiger partial charge in [-0.15, -0.1) is 0 Å². The van der Waals surface area contributed by atoms with Crippen LogP contribution in [0.5, 0.6) is 0 Å². The molecule has 0 aliphatic rings. The monoisotopic (exact) mass is 456 g/mol. The summed E-state index contributed by atoms with van der Waals surface area (Å²) in [7, 11) is 0. The lowest BCUT2D eigenvalue weighted by Crippen LogP contribution is -2.13. The number of fused-ring (bicyclic) bond motifs is 1. The number of hydrogen-bond donors (Lipinski definition) is 1. The second kappa shape index (κ2) is 7.03. The van der Waals surface area contributed by atoms with Crippen molar-refractivity contribution in [1.29, 1.82) is 0 Å². The summed E-state index contributed by atoms with van der Waals surface area (Å²) >= 11 is 14.3. The number of aliphatic imine (C=N–C) groups is 1. The van der Waals surface area contributed by atoms with Gasteiger partial charge < -0.3 is 4.98 Å². The molecule has 23 heavy (non-hydrogen) atoms. The van der Waals surface area contributed by atoms with E-state index in [-0.39, 0.29) is 10.6 Å². The summed E-state index contributed by atoms with van der Waals surface area (Å²) in [5.41, 5.74) is 2.00. The Labute approximate surface area is 156 Å². The fourth-order valence-electron chi connectivity index (χ4n) is 2.18. The third-order valence-corrected chi connectivity index (χ3v) is 4.62. The van der Waals surface area contributed by atoms with Gasteiger partial charge in [-0.1, -0.05) is 35.3 Å². The van der Waals surface area contributed by atoms with Crippen LogP contribution in [0.15, 0.2) is 58.4 Å². The molecule has 0 aliphatic carbocycles. The van der Waals surface area contributed by atoms with E-state index < -0.39 is 0 Å². The van der Waals surface area contributed by atoms with Crippen molar-refractivity contribution in [3.05, 3.63) is 78.6 Å². The molecule has 0 unspecified atom stereocenters. The molecule has 1 N–H and O–H groups in total. The van der Waals surface area contributed by atoms with Crippen LogP contribution in [0.1, 0.15) is 11.1 Å². The van der Waals surface area contributed by atoms with Gasteiger partial charge in [0, 0.05) is 25.7 Å². The number of benzene rings is 2. The molecule has 0 saturated carbocycles. The van der Waals surface area contributed by atoms with E-state index in [1.54, 1.807) is 18.3 Å². The Morgan fingerprint density at radius 2 is 1.91 bits per heavy atom. The van der Waals surface area contributed by atoms with E-state index in [0.29, 0.717) is 22.5 Å². The third kappa shape index (κ3) is 3.76. The number of nitrogens with zero attached hydrogens (tertiary/aromatic N) is 1. The van der Waals surface area contributed by atoms with Gasteiger partial charge in [0.1, 0.15) is 5.17 Å². The molecule has 0 radical (unpaired) electrons. The van der Waals surface area contributed by atoms with Crippen LogP contribution in [0.4, 0.5) is 0 Å². The molecule has 0 fully saturated rings. The minimum atomic E-state index is -0.123. The summed E-state index contributed by atoms with van der Waals surface area (Å²) < 4.78 is 0.993. The van der Waals surface area contributed by atoms with Crippen LogP contribution >= 0.6 is 45.8 Å². The molecular formula is C17H11Cl2IN2O. The number of hydrogen-bond acceptors (Lipinski definition) is 2. The lowest BCUT2D eigenvalue weighted by molar-refractivity contribution is 1.07. The Hall–Kier alpha value is -1.37. The second-order valence-corrected chi connectivity index (χ2v) is 6.99. The summed E-state index contributed by atoms with van der Waals surface area (Å²) in [4.78, 5) is 20.0. The van der Waals surface area contributed by atoms with Crippen LogP contribution in [-0.4, -0.2) is 10.2 Å². The molecule has 1 heterocycles. The van der Waals surface area contributed by atoms with Gasteiger partial charge in [-0.25, -0.2) is 0 Å². The van der Waals surface area contributed by atoms with E-state index in [4.69, 9.17) is 23.2 Å². The maximum atomic E-state index is 12.6. The SMILES string of the molecule is O=c1c(C(Cl)=NCc2ccc(Cl)cc2)c[nH]c2ccc(I)cc12.